The number of aromatic nitrogens is 1. The molecule has 0 atom stereocenters. The van der Waals surface area contributed by atoms with E-state index in [9.17, 15) is 9.59 Å². The second-order valence-electron chi connectivity index (χ2n) is 3.87. The number of amides is 1. The Morgan fingerprint density at radius 1 is 1.39 bits per heavy atom. The molecule has 2 rings (SSSR count). The average molecular weight is 247 g/mol. The van der Waals surface area contributed by atoms with Crippen LogP contribution >= 0.6 is 0 Å². The van der Waals surface area contributed by atoms with E-state index in [0.717, 1.165) is 0 Å². The highest BCUT2D eigenvalue weighted by Crippen LogP contribution is 2.26. The Kier molecular flexibility index (Phi) is 2.93. The number of nitrogens with one attached hydrogen (secondary N) is 2. The van der Waals surface area contributed by atoms with Crippen LogP contribution in [-0.2, 0) is 4.79 Å². The smallest absolute Gasteiger partial charge is 0.221 e. The van der Waals surface area contributed by atoms with Crippen LogP contribution in [-0.4, -0.2) is 18.0 Å². The van der Waals surface area contributed by atoms with Gasteiger partial charge in [0.2, 0.25) is 5.91 Å². The number of H-pyrrole nitrogens is 1. The summed E-state index contributed by atoms with van der Waals surface area (Å²) in [6.07, 6.45) is 0. The molecule has 1 aromatic carbocycles. The van der Waals surface area contributed by atoms with Crippen LogP contribution in [0.5, 0.6) is 5.75 Å². The number of hydrogen-bond acceptors (Lipinski definition) is 4. The number of aromatic amines is 1. The molecule has 0 unspecified atom stereocenters. The fourth-order valence-electron chi connectivity index (χ4n) is 1.81. The number of nitrogens with two attached hydrogens (primary N) is 1. The molecule has 2 aromatic rings. The van der Waals surface area contributed by atoms with E-state index < -0.39 is 0 Å². The third-order valence-corrected chi connectivity index (χ3v) is 2.45. The van der Waals surface area contributed by atoms with Crippen LogP contribution in [0.4, 0.5) is 11.5 Å². The van der Waals surface area contributed by atoms with Crippen LogP contribution in [0.1, 0.15) is 6.92 Å². The van der Waals surface area contributed by atoms with Crippen LogP contribution in [0, 0.1) is 0 Å². The highest BCUT2D eigenvalue weighted by Gasteiger charge is 2.10. The lowest BCUT2D eigenvalue weighted by molar-refractivity contribution is -0.114. The SMILES string of the molecule is COc1cc(NC(C)=O)cc2[nH]c(N)cc(=O)c12. The summed E-state index contributed by atoms with van der Waals surface area (Å²) in [5, 5.41) is 3.03. The van der Waals surface area contributed by atoms with Gasteiger partial charge in [-0.1, -0.05) is 0 Å². The number of carbonyl (C=O) groups excluding carboxylic acids is 1. The molecule has 6 heteroatoms. The molecular formula is C12H13N3O3. The summed E-state index contributed by atoms with van der Waals surface area (Å²) < 4.78 is 5.16. The Bertz CT molecular complexity index is 676. The minimum absolute atomic E-state index is 0.206. The number of fused-ring (bicyclic) bond motifs is 1. The predicted octanol–water partition coefficient (Wildman–Crippen LogP) is 1.08. The Morgan fingerprint density at radius 3 is 2.72 bits per heavy atom. The van der Waals surface area contributed by atoms with Crippen LogP contribution in [0.2, 0.25) is 0 Å². The molecule has 0 aliphatic carbocycles. The normalized spacial score (nSPS) is 10.3. The number of pyridine rings is 1. The second-order valence-corrected chi connectivity index (χ2v) is 3.87. The quantitative estimate of drug-likeness (QED) is 0.739. The minimum Gasteiger partial charge on any atom is -0.496 e. The Labute approximate surface area is 103 Å². The zero-order chi connectivity index (χ0) is 13.3. The Hall–Kier alpha value is -2.50. The van der Waals surface area contributed by atoms with Gasteiger partial charge < -0.3 is 20.8 Å². The molecule has 0 fully saturated rings. The summed E-state index contributed by atoms with van der Waals surface area (Å²) in [4.78, 5) is 25.7. The number of ether oxygens (including phenoxy) is 1. The largest absolute Gasteiger partial charge is 0.496 e. The lowest BCUT2D eigenvalue weighted by atomic mass is 10.1. The third-order valence-electron chi connectivity index (χ3n) is 2.45. The summed E-state index contributed by atoms with van der Waals surface area (Å²) >= 11 is 0. The second kappa shape index (κ2) is 4.40. The van der Waals surface area contributed by atoms with E-state index in [4.69, 9.17) is 10.5 Å². The number of methoxy groups -OCH3 is 1. The molecule has 0 saturated carbocycles. The molecular weight excluding hydrogens is 234 g/mol. The Balaban J connectivity index is 2.75. The summed E-state index contributed by atoms with van der Waals surface area (Å²) in [6, 6.07) is 4.52. The van der Waals surface area contributed by atoms with Gasteiger partial charge in [0.25, 0.3) is 0 Å². The molecule has 94 valence electrons. The molecule has 0 saturated heterocycles. The maximum atomic E-state index is 11.8. The molecule has 18 heavy (non-hydrogen) atoms. The molecule has 1 aromatic heterocycles. The molecule has 1 heterocycles. The van der Waals surface area contributed by atoms with Gasteiger partial charge in [-0.15, -0.1) is 0 Å². The van der Waals surface area contributed by atoms with Crippen molar-refractivity contribution in [3.05, 3.63) is 28.4 Å². The van der Waals surface area contributed by atoms with Crippen molar-refractivity contribution in [2.24, 2.45) is 0 Å². The number of benzene rings is 1. The highest BCUT2D eigenvalue weighted by atomic mass is 16.5. The third kappa shape index (κ3) is 2.13. The van der Waals surface area contributed by atoms with E-state index in [1.165, 1.54) is 20.1 Å². The summed E-state index contributed by atoms with van der Waals surface area (Å²) in [5.41, 5.74) is 6.41. The first-order valence-corrected chi connectivity index (χ1v) is 5.29. The first kappa shape index (κ1) is 12.0. The summed E-state index contributed by atoms with van der Waals surface area (Å²) in [5.74, 6) is 0.440. The van der Waals surface area contributed by atoms with Crippen molar-refractivity contribution >= 4 is 28.3 Å². The van der Waals surface area contributed by atoms with Gasteiger partial charge in [-0.3, -0.25) is 9.59 Å². The molecule has 0 spiro atoms. The van der Waals surface area contributed by atoms with E-state index in [-0.39, 0.29) is 17.2 Å². The zero-order valence-electron chi connectivity index (χ0n) is 10.0. The molecule has 4 N–H and O–H groups in total. The fourth-order valence-corrected chi connectivity index (χ4v) is 1.81. The molecule has 6 nitrogen and oxygen atoms in total. The summed E-state index contributed by atoms with van der Waals surface area (Å²) in [6.45, 7) is 1.40. The van der Waals surface area contributed by atoms with Crippen molar-refractivity contribution < 1.29 is 9.53 Å². The summed E-state index contributed by atoms with van der Waals surface area (Å²) in [7, 11) is 1.46. The van der Waals surface area contributed by atoms with Crippen molar-refractivity contribution in [2.45, 2.75) is 6.92 Å². The van der Waals surface area contributed by atoms with E-state index in [0.29, 0.717) is 22.3 Å². The molecule has 0 aliphatic rings. The molecule has 0 radical (unpaired) electrons. The zero-order valence-corrected chi connectivity index (χ0v) is 10.0. The van der Waals surface area contributed by atoms with Crippen molar-refractivity contribution in [1.82, 2.24) is 4.98 Å². The maximum Gasteiger partial charge on any atom is 0.221 e. The van der Waals surface area contributed by atoms with E-state index in [1.54, 1.807) is 12.1 Å². The number of carbonyl (C=O) groups is 1. The molecule has 1 amide bonds. The van der Waals surface area contributed by atoms with E-state index in [2.05, 4.69) is 10.3 Å². The maximum absolute atomic E-state index is 11.8. The van der Waals surface area contributed by atoms with Gasteiger partial charge in [0, 0.05) is 24.7 Å². The van der Waals surface area contributed by atoms with Gasteiger partial charge >= 0.3 is 0 Å². The first-order valence-electron chi connectivity index (χ1n) is 5.29. The average Bonchev–Trinajstić information content (AvgIpc) is 2.25. The monoisotopic (exact) mass is 247 g/mol. The standard InChI is InChI=1S/C12H13N3O3/c1-6(16)14-7-3-8-12(10(4-7)18-2)9(17)5-11(13)15-8/h3-5H,1-2H3,(H,14,16)(H3,13,15,17). The first-order chi connectivity index (χ1) is 8.51. The topological polar surface area (TPSA) is 97.2 Å². The van der Waals surface area contributed by atoms with Crippen LogP contribution in [0.3, 0.4) is 0 Å². The number of rotatable bonds is 2. The fraction of sp³-hybridized carbons (Fsp3) is 0.167. The molecule has 0 bridgehead atoms. The van der Waals surface area contributed by atoms with E-state index >= 15 is 0 Å². The van der Waals surface area contributed by atoms with E-state index in [1.807, 2.05) is 0 Å². The number of anilines is 2. The lowest BCUT2D eigenvalue weighted by Gasteiger charge is -2.09. The lowest BCUT2D eigenvalue weighted by Crippen LogP contribution is -2.09. The highest BCUT2D eigenvalue weighted by molar-refractivity contribution is 5.95. The van der Waals surface area contributed by atoms with Gasteiger partial charge in [0.15, 0.2) is 5.43 Å². The predicted molar refractivity (Wildman–Crippen MR) is 69.8 cm³/mol. The molecule has 0 aliphatic heterocycles. The number of hydrogen-bond donors (Lipinski definition) is 3. The van der Waals surface area contributed by atoms with Gasteiger partial charge in [-0.05, 0) is 6.07 Å². The van der Waals surface area contributed by atoms with Crippen LogP contribution in [0.25, 0.3) is 10.9 Å². The van der Waals surface area contributed by atoms with Crippen molar-refractivity contribution in [3.63, 3.8) is 0 Å². The Morgan fingerprint density at radius 2 is 2.11 bits per heavy atom. The van der Waals surface area contributed by atoms with Crippen LogP contribution in [0.15, 0.2) is 23.0 Å². The minimum atomic E-state index is -0.229. The van der Waals surface area contributed by atoms with Crippen molar-refractivity contribution in [2.75, 3.05) is 18.2 Å². The van der Waals surface area contributed by atoms with Gasteiger partial charge in [-0.25, -0.2) is 0 Å². The van der Waals surface area contributed by atoms with Crippen molar-refractivity contribution in [1.29, 1.82) is 0 Å². The van der Waals surface area contributed by atoms with Crippen LogP contribution < -0.4 is 21.2 Å². The van der Waals surface area contributed by atoms with Gasteiger partial charge in [0.1, 0.15) is 11.6 Å². The number of nitrogen functional groups attached to an aromatic ring is 1. The van der Waals surface area contributed by atoms with Crippen molar-refractivity contribution in [3.8, 4) is 5.75 Å². The van der Waals surface area contributed by atoms with Gasteiger partial charge in [0.05, 0.1) is 18.0 Å². The van der Waals surface area contributed by atoms with Gasteiger partial charge in [-0.2, -0.15) is 0 Å².